The summed E-state index contributed by atoms with van der Waals surface area (Å²) in [6.45, 7) is 0.923. The average molecular weight is 700 g/mol. The quantitative estimate of drug-likeness (QED) is 0.178. The van der Waals surface area contributed by atoms with Gasteiger partial charge >= 0.3 is 0 Å². The normalized spacial score (nSPS) is 11.6. The molecule has 210 valence electrons. The molecule has 0 aliphatic rings. The first kappa shape index (κ1) is 45.2. The second-order valence-corrected chi connectivity index (χ2v) is 13.7. The number of aryl methyl sites for hydroxylation is 1. The molecule has 4 N–H and O–H groups in total. The monoisotopic (exact) mass is 699 g/mol. The van der Waals surface area contributed by atoms with E-state index in [9.17, 15) is 51.9 Å². The smallest absolute Gasteiger partial charge is 0.294 e. The molecule has 0 saturated carbocycles. The number of anilines is 1. The van der Waals surface area contributed by atoms with E-state index in [1.807, 2.05) is 0 Å². The number of hydrogen-bond acceptors (Lipinski definition) is 9. The molecule has 0 fully saturated rings. The van der Waals surface area contributed by atoms with Crippen LogP contribution in [-0.2, 0) is 53.6 Å². The van der Waals surface area contributed by atoms with Gasteiger partial charge in [-0.15, -0.1) is 0 Å². The number of rotatable bonds is 9. The van der Waals surface area contributed by atoms with E-state index in [4.69, 9.17) is 0 Å². The van der Waals surface area contributed by atoms with E-state index in [0.29, 0.717) is 23.4 Å². The van der Waals surface area contributed by atoms with Crippen LogP contribution in [0.25, 0.3) is 0 Å². The standard InChI is InChI=1S/C21H21NO12S4.4Na/c1-14-4-2-3-5-19(14)22(12-15-6-8-17(35(23,24)25)10-20(15)37(29,30)31)13-16-7-9-18(36(26,27)28)11-21(16)38(32,33)34;;;;/h2-11H,12-13H2,1H3,(H,23,24,25)(H,26,27,28)(H,29,30,31)(H,32,33,34);;;;. The van der Waals surface area contributed by atoms with Gasteiger partial charge < -0.3 is 4.90 Å². The van der Waals surface area contributed by atoms with E-state index >= 15 is 0 Å². The number of para-hydroxylation sites is 1. The van der Waals surface area contributed by atoms with E-state index in [-0.39, 0.29) is 142 Å². The van der Waals surface area contributed by atoms with Crippen LogP contribution in [0.2, 0.25) is 0 Å². The van der Waals surface area contributed by atoms with Crippen molar-refractivity contribution in [3.8, 4) is 0 Å². The van der Waals surface area contributed by atoms with Crippen LogP contribution in [0.3, 0.4) is 0 Å². The fourth-order valence-electron chi connectivity index (χ4n) is 3.69. The minimum absolute atomic E-state index is 0. The Balaban J connectivity index is 0. The Hall–Kier alpha value is 1.10. The van der Waals surface area contributed by atoms with Crippen molar-refractivity contribution in [3.05, 3.63) is 77.4 Å². The predicted octanol–water partition coefficient (Wildman–Crippen LogP) is 0.665. The van der Waals surface area contributed by atoms with E-state index in [0.717, 1.165) is 24.3 Å². The molecule has 0 aliphatic heterocycles. The van der Waals surface area contributed by atoms with Crippen molar-refractivity contribution in [2.24, 2.45) is 0 Å². The van der Waals surface area contributed by atoms with Crippen LogP contribution in [0.4, 0.5) is 5.69 Å². The van der Waals surface area contributed by atoms with Crippen LogP contribution in [0.15, 0.2) is 80.2 Å². The summed E-state index contributed by atoms with van der Waals surface area (Å²) in [5.41, 5.74) is 0.753. The topological polar surface area (TPSA) is 221 Å². The van der Waals surface area contributed by atoms with Crippen molar-refractivity contribution in [3.63, 3.8) is 0 Å². The van der Waals surface area contributed by atoms with Gasteiger partial charge in [-0.3, -0.25) is 18.2 Å². The number of benzene rings is 3. The van der Waals surface area contributed by atoms with Gasteiger partial charge in [0.25, 0.3) is 40.5 Å². The molecule has 3 rings (SSSR count). The molecule has 13 nitrogen and oxygen atoms in total. The Bertz CT molecular complexity index is 1740. The Morgan fingerprint density at radius 1 is 0.548 bits per heavy atom. The molecule has 0 heterocycles. The molecule has 0 aliphatic carbocycles. The molecule has 0 atom stereocenters. The van der Waals surface area contributed by atoms with Crippen LogP contribution in [-0.4, -0.2) is 170 Å². The van der Waals surface area contributed by atoms with Crippen molar-refractivity contribution in [1.29, 1.82) is 0 Å². The van der Waals surface area contributed by atoms with Crippen molar-refractivity contribution in [2.45, 2.75) is 39.6 Å². The van der Waals surface area contributed by atoms with Crippen molar-refractivity contribution < 1.29 is 51.9 Å². The summed E-state index contributed by atoms with van der Waals surface area (Å²) in [6, 6.07) is 11.6. The SMILES string of the molecule is Cc1ccccc1N(Cc1ccc(S(=O)(=O)O)cc1S(=O)(=O)O)Cc1ccc(S(=O)(=O)O)cc1S(=O)(=O)O.[Na].[Na].[Na].[Na]. The summed E-state index contributed by atoms with van der Waals surface area (Å²) in [5, 5.41) is 0. The zero-order valence-electron chi connectivity index (χ0n) is 23.3. The molecular weight excluding hydrogens is 678 g/mol. The molecule has 0 spiro atoms. The van der Waals surface area contributed by atoms with Crippen LogP contribution in [0, 0.1) is 6.92 Å². The Kier molecular flexibility index (Phi) is 18.6. The Morgan fingerprint density at radius 3 is 1.21 bits per heavy atom. The van der Waals surface area contributed by atoms with Crippen molar-refractivity contribution in [2.75, 3.05) is 4.90 Å². The van der Waals surface area contributed by atoms with Gasteiger partial charge in [0.1, 0.15) is 9.79 Å². The molecule has 3 aromatic rings. The third-order valence-corrected chi connectivity index (χ3v) is 8.98. The van der Waals surface area contributed by atoms with Gasteiger partial charge in [-0.2, -0.15) is 33.7 Å². The summed E-state index contributed by atoms with van der Waals surface area (Å²) < 4.78 is 132. The summed E-state index contributed by atoms with van der Waals surface area (Å²) in [7, 11) is -19.7. The summed E-state index contributed by atoms with van der Waals surface area (Å²) >= 11 is 0. The summed E-state index contributed by atoms with van der Waals surface area (Å²) in [6.07, 6.45) is 0. The van der Waals surface area contributed by atoms with E-state index < -0.39 is 60.1 Å². The van der Waals surface area contributed by atoms with Crippen LogP contribution in [0.1, 0.15) is 16.7 Å². The van der Waals surface area contributed by atoms with E-state index in [1.54, 1.807) is 31.2 Å². The fraction of sp³-hybridized carbons (Fsp3) is 0.143. The second-order valence-electron chi connectivity index (χ2n) is 8.08. The second kappa shape index (κ2) is 17.3. The maximum atomic E-state index is 12.1. The minimum Gasteiger partial charge on any atom is -0.363 e. The third kappa shape index (κ3) is 12.0. The largest absolute Gasteiger partial charge is 0.363 e. The molecule has 0 saturated heterocycles. The van der Waals surface area contributed by atoms with Gasteiger partial charge in [0.15, 0.2) is 0 Å². The molecule has 0 bridgehead atoms. The molecular formula is C21H21NNa4O12S4. The maximum Gasteiger partial charge on any atom is 0.294 e. The van der Waals surface area contributed by atoms with Crippen LogP contribution in [0.5, 0.6) is 0 Å². The molecule has 21 heteroatoms. The molecule has 3 aromatic carbocycles. The molecule has 0 aromatic heterocycles. The van der Waals surface area contributed by atoms with Crippen molar-refractivity contribution in [1.82, 2.24) is 0 Å². The average Bonchev–Trinajstić information content (AvgIpc) is 2.76. The van der Waals surface area contributed by atoms with Gasteiger partial charge in [0, 0.05) is 137 Å². The predicted molar refractivity (Wildman–Crippen MR) is 156 cm³/mol. The Labute approximate surface area is 333 Å². The number of nitrogens with zero attached hydrogens (tertiary/aromatic N) is 1. The zero-order chi connectivity index (χ0) is 28.7. The minimum atomic E-state index is -5.01. The first-order valence-electron chi connectivity index (χ1n) is 10.2. The zero-order valence-corrected chi connectivity index (χ0v) is 34.6. The molecule has 42 heavy (non-hydrogen) atoms. The van der Waals surface area contributed by atoms with Crippen LogP contribution >= 0.6 is 0 Å². The summed E-state index contributed by atoms with van der Waals surface area (Å²) in [4.78, 5) is -1.87. The third-order valence-electron chi connectivity index (χ3n) is 5.41. The fourth-order valence-corrected chi connectivity index (χ4v) is 6.33. The van der Waals surface area contributed by atoms with E-state index in [2.05, 4.69) is 0 Å². The summed E-state index contributed by atoms with van der Waals surface area (Å²) in [5.74, 6) is 0. The van der Waals surface area contributed by atoms with Gasteiger partial charge in [-0.25, -0.2) is 0 Å². The Morgan fingerprint density at radius 2 is 0.905 bits per heavy atom. The van der Waals surface area contributed by atoms with Gasteiger partial charge in [-0.05, 0) is 53.9 Å². The first-order valence-corrected chi connectivity index (χ1v) is 16.0. The molecule has 4 radical (unpaired) electrons. The van der Waals surface area contributed by atoms with Gasteiger partial charge in [-0.1, -0.05) is 30.3 Å². The van der Waals surface area contributed by atoms with Crippen LogP contribution < -0.4 is 4.90 Å². The van der Waals surface area contributed by atoms with Gasteiger partial charge in [0.05, 0.1) is 9.79 Å². The van der Waals surface area contributed by atoms with Crippen molar-refractivity contribution >= 4 is 164 Å². The molecule has 0 amide bonds. The number of hydrogen-bond donors (Lipinski definition) is 4. The molecule has 0 unspecified atom stereocenters. The van der Waals surface area contributed by atoms with Gasteiger partial charge in [0.2, 0.25) is 0 Å². The maximum absolute atomic E-state index is 12.1. The van der Waals surface area contributed by atoms with E-state index in [1.165, 1.54) is 4.90 Å². The first-order chi connectivity index (χ1) is 17.3.